The van der Waals surface area contributed by atoms with Crippen LogP contribution in [0.25, 0.3) is 0 Å². The van der Waals surface area contributed by atoms with E-state index in [4.69, 9.17) is 9.84 Å². The Balaban J connectivity index is 1.56. The molecule has 0 aromatic carbocycles. The van der Waals surface area contributed by atoms with Crippen molar-refractivity contribution < 1.29 is 19.4 Å². The molecule has 2 aliphatic carbocycles. The number of hydrogen-bond donors (Lipinski definition) is 2. The van der Waals surface area contributed by atoms with Crippen LogP contribution in [0, 0.1) is 11.8 Å². The minimum absolute atomic E-state index is 0.0484. The minimum Gasteiger partial charge on any atom is -0.481 e. The van der Waals surface area contributed by atoms with Crippen molar-refractivity contribution in [3.8, 4) is 0 Å². The van der Waals surface area contributed by atoms with E-state index in [1.807, 2.05) is 0 Å². The monoisotopic (exact) mass is 255 g/mol. The van der Waals surface area contributed by atoms with E-state index in [1.54, 1.807) is 0 Å². The quantitative estimate of drug-likeness (QED) is 0.747. The van der Waals surface area contributed by atoms with Crippen molar-refractivity contribution in [3.05, 3.63) is 0 Å². The van der Waals surface area contributed by atoms with Crippen molar-refractivity contribution in [2.75, 3.05) is 13.2 Å². The van der Waals surface area contributed by atoms with Crippen LogP contribution in [-0.4, -0.2) is 36.2 Å². The zero-order chi connectivity index (χ0) is 13.0. The van der Waals surface area contributed by atoms with Crippen molar-refractivity contribution in [2.24, 2.45) is 11.8 Å². The summed E-state index contributed by atoms with van der Waals surface area (Å²) in [5.74, 6) is -0.314. The third kappa shape index (κ3) is 4.29. The van der Waals surface area contributed by atoms with Gasteiger partial charge in [-0.25, -0.2) is 0 Å². The highest BCUT2D eigenvalue weighted by Crippen LogP contribution is 2.28. The highest BCUT2D eigenvalue weighted by Gasteiger charge is 2.27. The fourth-order valence-corrected chi connectivity index (χ4v) is 2.30. The molecular weight excluding hydrogens is 234 g/mol. The van der Waals surface area contributed by atoms with E-state index in [1.165, 1.54) is 12.8 Å². The second-order valence-electron chi connectivity index (χ2n) is 5.37. The third-order valence-electron chi connectivity index (χ3n) is 3.76. The van der Waals surface area contributed by atoms with Crippen LogP contribution in [-0.2, 0) is 14.3 Å². The van der Waals surface area contributed by atoms with Gasteiger partial charge in [0, 0.05) is 6.54 Å². The van der Waals surface area contributed by atoms with E-state index in [0.29, 0.717) is 18.8 Å². The molecule has 0 heterocycles. The summed E-state index contributed by atoms with van der Waals surface area (Å²) in [6.45, 7) is 0.878. The van der Waals surface area contributed by atoms with Gasteiger partial charge in [0.25, 0.3) is 0 Å². The largest absolute Gasteiger partial charge is 0.481 e. The molecule has 0 aromatic heterocycles. The van der Waals surface area contributed by atoms with Crippen LogP contribution in [0.5, 0.6) is 0 Å². The summed E-state index contributed by atoms with van der Waals surface area (Å²) in [4.78, 5) is 22.2. The molecule has 18 heavy (non-hydrogen) atoms. The van der Waals surface area contributed by atoms with Gasteiger partial charge in [0.2, 0.25) is 5.91 Å². The standard InChI is InChI=1S/C13H21NO4/c15-12(14-7-9-1-2-9)8-18-11-5-3-10(4-6-11)13(16)17/h9-11H,1-8H2,(H,14,15)(H,16,17). The van der Waals surface area contributed by atoms with E-state index in [0.717, 1.165) is 19.4 Å². The highest BCUT2D eigenvalue weighted by atomic mass is 16.5. The Labute approximate surface area is 107 Å². The molecular formula is C13H21NO4. The molecule has 2 aliphatic rings. The molecule has 5 heteroatoms. The van der Waals surface area contributed by atoms with Gasteiger partial charge in [0.15, 0.2) is 0 Å². The van der Waals surface area contributed by atoms with Crippen molar-refractivity contribution in [1.29, 1.82) is 0 Å². The van der Waals surface area contributed by atoms with Crippen LogP contribution in [0.15, 0.2) is 0 Å². The van der Waals surface area contributed by atoms with Crippen LogP contribution < -0.4 is 5.32 Å². The summed E-state index contributed by atoms with van der Waals surface area (Å²) >= 11 is 0. The Bertz CT molecular complexity index is 306. The maximum atomic E-state index is 11.5. The fraction of sp³-hybridized carbons (Fsp3) is 0.846. The maximum Gasteiger partial charge on any atom is 0.306 e. The Morgan fingerprint density at radius 3 is 2.33 bits per heavy atom. The highest BCUT2D eigenvalue weighted by molar-refractivity contribution is 5.77. The summed E-state index contributed by atoms with van der Waals surface area (Å²) in [6, 6.07) is 0. The Hall–Kier alpha value is -1.10. The van der Waals surface area contributed by atoms with Crippen molar-refractivity contribution in [2.45, 2.75) is 44.6 Å². The summed E-state index contributed by atoms with van der Waals surface area (Å²) < 4.78 is 5.52. The molecule has 0 bridgehead atoms. The predicted molar refractivity (Wildman–Crippen MR) is 65.1 cm³/mol. The van der Waals surface area contributed by atoms with Gasteiger partial charge in [-0.3, -0.25) is 9.59 Å². The predicted octanol–water partition coefficient (Wildman–Crippen LogP) is 1.17. The second kappa shape index (κ2) is 6.18. The number of amides is 1. The maximum absolute atomic E-state index is 11.5. The van der Waals surface area contributed by atoms with E-state index in [9.17, 15) is 9.59 Å². The molecule has 0 atom stereocenters. The number of ether oxygens (including phenoxy) is 1. The molecule has 0 aliphatic heterocycles. The number of rotatable bonds is 6. The average Bonchev–Trinajstić information content (AvgIpc) is 3.18. The first-order chi connectivity index (χ1) is 8.65. The molecule has 0 radical (unpaired) electrons. The molecule has 2 fully saturated rings. The van der Waals surface area contributed by atoms with Gasteiger partial charge in [-0.1, -0.05) is 0 Å². The van der Waals surface area contributed by atoms with Crippen LogP contribution in [0.4, 0.5) is 0 Å². The molecule has 0 spiro atoms. The Morgan fingerprint density at radius 2 is 1.78 bits per heavy atom. The van der Waals surface area contributed by atoms with Crippen LogP contribution in [0.1, 0.15) is 38.5 Å². The van der Waals surface area contributed by atoms with Gasteiger partial charge in [-0.2, -0.15) is 0 Å². The van der Waals surface area contributed by atoms with Gasteiger partial charge in [0.1, 0.15) is 6.61 Å². The topological polar surface area (TPSA) is 75.6 Å². The molecule has 0 saturated heterocycles. The lowest BCUT2D eigenvalue weighted by atomic mass is 9.87. The normalized spacial score (nSPS) is 27.8. The molecule has 2 N–H and O–H groups in total. The number of hydrogen-bond acceptors (Lipinski definition) is 3. The van der Waals surface area contributed by atoms with Crippen LogP contribution >= 0.6 is 0 Å². The average molecular weight is 255 g/mol. The fourth-order valence-electron chi connectivity index (χ4n) is 2.30. The molecule has 1 amide bonds. The van der Waals surface area contributed by atoms with Gasteiger partial charge >= 0.3 is 5.97 Å². The van der Waals surface area contributed by atoms with Crippen molar-refractivity contribution in [1.82, 2.24) is 5.32 Å². The molecule has 2 rings (SSSR count). The van der Waals surface area contributed by atoms with Crippen LogP contribution in [0.3, 0.4) is 0 Å². The molecule has 0 aromatic rings. The Kier molecular flexibility index (Phi) is 4.58. The van der Waals surface area contributed by atoms with E-state index in [-0.39, 0.29) is 24.5 Å². The smallest absolute Gasteiger partial charge is 0.306 e. The first-order valence-electron chi connectivity index (χ1n) is 6.76. The Morgan fingerprint density at radius 1 is 1.11 bits per heavy atom. The number of carbonyl (C=O) groups is 2. The zero-order valence-electron chi connectivity index (χ0n) is 10.6. The zero-order valence-corrected chi connectivity index (χ0v) is 10.6. The molecule has 0 unspecified atom stereocenters. The first kappa shape index (κ1) is 13.3. The minimum atomic E-state index is -0.712. The van der Waals surface area contributed by atoms with Crippen molar-refractivity contribution >= 4 is 11.9 Å². The SMILES string of the molecule is O=C(COC1CCC(C(=O)O)CC1)NCC1CC1. The van der Waals surface area contributed by atoms with Gasteiger partial charge < -0.3 is 15.2 Å². The summed E-state index contributed by atoms with van der Waals surface area (Å²) in [5, 5.41) is 11.7. The molecule has 2 saturated carbocycles. The lowest BCUT2D eigenvalue weighted by molar-refractivity contribution is -0.144. The molecule has 102 valence electrons. The van der Waals surface area contributed by atoms with Gasteiger partial charge in [-0.15, -0.1) is 0 Å². The lowest BCUT2D eigenvalue weighted by Gasteiger charge is -2.25. The number of carboxylic acid groups (broad SMARTS) is 1. The number of carboxylic acids is 1. The van der Waals surface area contributed by atoms with Gasteiger partial charge in [0.05, 0.1) is 12.0 Å². The molecule has 5 nitrogen and oxygen atoms in total. The first-order valence-corrected chi connectivity index (χ1v) is 6.76. The van der Waals surface area contributed by atoms with E-state index in [2.05, 4.69) is 5.32 Å². The van der Waals surface area contributed by atoms with E-state index >= 15 is 0 Å². The summed E-state index contributed by atoms with van der Waals surface area (Å²) in [6.07, 6.45) is 5.29. The number of aliphatic carboxylic acids is 1. The summed E-state index contributed by atoms with van der Waals surface area (Å²) in [5.41, 5.74) is 0. The van der Waals surface area contributed by atoms with Gasteiger partial charge in [-0.05, 0) is 44.4 Å². The van der Waals surface area contributed by atoms with E-state index < -0.39 is 5.97 Å². The number of carbonyl (C=O) groups excluding carboxylic acids is 1. The second-order valence-corrected chi connectivity index (χ2v) is 5.37. The third-order valence-corrected chi connectivity index (χ3v) is 3.76. The number of nitrogens with one attached hydrogen (secondary N) is 1. The van der Waals surface area contributed by atoms with Crippen LogP contribution in [0.2, 0.25) is 0 Å². The lowest BCUT2D eigenvalue weighted by Crippen LogP contribution is -2.33. The summed E-state index contributed by atoms with van der Waals surface area (Å²) in [7, 11) is 0. The van der Waals surface area contributed by atoms with Crippen molar-refractivity contribution in [3.63, 3.8) is 0 Å².